The highest BCUT2D eigenvalue weighted by Gasteiger charge is 2.05. The maximum Gasteiger partial charge on any atom is 0.250 e. The summed E-state index contributed by atoms with van der Waals surface area (Å²) in [4.78, 5) is 11.6. The normalized spacial score (nSPS) is 10.9. The Bertz CT molecular complexity index is 607. The van der Waals surface area contributed by atoms with Gasteiger partial charge in [-0.25, -0.2) is 5.43 Å². The van der Waals surface area contributed by atoms with Crippen LogP contribution in [0.2, 0.25) is 0 Å². The average molecular weight is 306 g/mol. The number of carbonyl (C=O) groups excluding carboxylic acids is 1. The predicted molar refractivity (Wildman–Crippen MR) is 82.3 cm³/mol. The number of amides is 1. The number of carbonyl (C=O) groups is 1. The minimum absolute atomic E-state index is 0.161. The number of rotatable bonds is 5. The van der Waals surface area contributed by atoms with Gasteiger partial charge >= 0.3 is 0 Å². The Morgan fingerprint density at radius 1 is 1.35 bits per heavy atom. The maximum absolute atomic E-state index is 11.6. The molecule has 5 nitrogen and oxygen atoms in total. The maximum atomic E-state index is 11.6. The molecule has 0 radical (unpaired) electrons. The van der Waals surface area contributed by atoms with Gasteiger partial charge in [0.05, 0.1) is 12.0 Å². The summed E-state index contributed by atoms with van der Waals surface area (Å²) in [7, 11) is 0. The monoisotopic (exact) mass is 306 g/mol. The standard InChI is InChI=1S/C13H14N4OS2/c1-9-3-5-11(6-4-9)7-14-16-12(18)8-19-13-17-15-10(2)20-13/h3-7H,8H2,1-2H3,(H,16,18). The van der Waals surface area contributed by atoms with E-state index in [2.05, 4.69) is 20.7 Å². The summed E-state index contributed by atoms with van der Waals surface area (Å²) in [6, 6.07) is 7.89. The van der Waals surface area contributed by atoms with Gasteiger partial charge in [0.15, 0.2) is 4.34 Å². The van der Waals surface area contributed by atoms with Crippen molar-refractivity contribution in [2.75, 3.05) is 5.75 Å². The van der Waals surface area contributed by atoms with Crippen molar-refractivity contribution in [3.8, 4) is 0 Å². The zero-order valence-electron chi connectivity index (χ0n) is 11.2. The summed E-state index contributed by atoms with van der Waals surface area (Å²) in [6.07, 6.45) is 1.62. The van der Waals surface area contributed by atoms with Gasteiger partial charge in [0, 0.05) is 0 Å². The van der Waals surface area contributed by atoms with Crippen molar-refractivity contribution in [1.29, 1.82) is 0 Å². The average Bonchev–Trinajstić information content (AvgIpc) is 2.85. The van der Waals surface area contributed by atoms with Gasteiger partial charge in [-0.2, -0.15) is 5.10 Å². The Hall–Kier alpha value is -1.73. The van der Waals surface area contributed by atoms with E-state index in [9.17, 15) is 4.79 Å². The van der Waals surface area contributed by atoms with Crippen molar-refractivity contribution < 1.29 is 4.79 Å². The highest BCUT2D eigenvalue weighted by Crippen LogP contribution is 2.21. The van der Waals surface area contributed by atoms with Crippen LogP contribution in [0.1, 0.15) is 16.1 Å². The molecule has 0 fully saturated rings. The summed E-state index contributed by atoms with van der Waals surface area (Å²) in [5, 5.41) is 12.6. The second kappa shape index (κ2) is 7.16. The molecule has 1 heterocycles. The van der Waals surface area contributed by atoms with Crippen LogP contribution in [-0.4, -0.2) is 28.1 Å². The van der Waals surface area contributed by atoms with Gasteiger partial charge in [-0.15, -0.1) is 10.2 Å². The van der Waals surface area contributed by atoms with E-state index < -0.39 is 0 Å². The molecule has 0 saturated heterocycles. The SMILES string of the molecule is Cc1ccc(C=NNC(=O)CSc2nnc(C)s2)cc1. The Kier molecular flexibility index (Phi) is 5.25. The van der Waals surface area contributed by atoms with Crippen LogP contribution in [0.5, 0.6) is 0 Å². The molecule has 2 rings (SSSR count). The molecular formula is C13H14N4OS2. The van der Waals surface area contributed by atoms with Gasteiger partial charge in [-0.3, -0.25) is 4.79 Å². The van der Waals surface area contributed by atoms with E-state index in [0.29, 0.717) is 0 Å². The summed E-state index contributed by atoms with van der Waals surface area (Å²) >= 11 is 2.83. The molecule has 104 valence electrons. The van der Waals surface area contributed by atoms with E-state index in [4.69, 9.17) is 0 Å². The summed E-state index contributed by atoms with van der Waals surface area (Å²) < 4.78 is 0.792. The number of benzene rings is 1. The van der Waals surface area contributed by atoms with Crippen LogP contribution >= 0.6 is 23.1 Å². The quantitative estimate of drug-likeness (QED) is 0.523. The topological polar surface area (TPSA) is 67.2 Å². The third-order valence-corrected chi connectivity index (χ3v) is 4.29. The van der Waals surface area contributed by atoms with Gasteiger partial charge in [0.1, 0.15) is 5.01 Å². The molecule has 1 amide bonds. The number of thioether (sulfide) groups is 1. The van der Waals surface area contributed by atoms with E-state index in [1.54, 1.807) is 6.21 Å². The van der Waals surface area contributed by atoms with Crippen LogP contribution in [0.4, 0.5) is 0 Å². The van der Waals surface area contributed by atoms with Crippen LogP contribution in [0, 0.1) is 13.8 Å². The van der Waals surface area contributed by atoms with Crippen molar-refractivity contribution in [3.05, 3.63) is 40.4 Å². The number of aromatic nitrogens is 2. The largest absolute Gasteiger partial charge is 0.272 e. The molecule has 0 saturated carbocycles. The lowest BCUT2D eigenvalue weighted by Crippen LogP contribution is -2.19. The minimum atomic E-state index is -0.161. The number of hydrazone groups is 1. The number of hydrogen-bond acceptors (Lipinski definition) is 6. The van der Waals surface area contributed by atoms with Crippen LogP contribution in [0.25, 0.3) is 0 Å². The molecule has 0 spiro atoms. The Balaban J connectivity index is 1.76. The third kappa shape index (κ3) is 4.75. The molecule has 0 aliphatic rings. The molecule has 2 aromatic rings. The first-order valence-electron chi connectivity index (χ1n) is 5.95. The van der Waals surface area contributed by atoms with Crippen molar-refractivity contribution in [1.82, 2.24) is 15.6 Å². The van der Waals surface area contributed by atoms with Crippen molar-refractivity contribution in [3.63, 3.8) is 0 Å². The fraction of sp³-hybridized carbons (Fsp3) is 0.231. The first kappa shape index (κ1) is 14.7. The Morgan fingerprint density at radius 3 is 2.75 bits per heavy atom. The molecule has 1 aromatic carbocycles. The molecule has 1 N–H and O–H groups in total. The second-order valence-corrected chi connectivity index (χ2v) is 6.48. The van der Waals surface area contributed by atoms with Gasteiger partial charge in [-0.1, -0.05) is 52.9 Å². The van der Waals surface area contributed by atoms with E-state index in [1.165, 1.54) is 28.7 Å². The van der Waals surface area contributed by atoms with Crippen molar-refractivity contribution >= 4 is 35.2 Å². The lowest BCUT2D eigenvalue weighted by Gasteiger charge is -1.97. The Morgan fingerprint density at radius 2 is 2.10 bits per heavy atom. The fourth-order valence-electron chi connectivity index (χ4n) is 1.33. The molecule has 0 bridgehead atoms. The number of nitrogens with zero attached hydrogens (tertiary/aromatic N) is 3. The first-order chi connectivity index (χ1) is 9.63. The molecule has 0 atom stereocenters. The van der Waals surface area contributed by atoms with E-state index >= 15 is 0 Å². The minimum Gasteiger partial charge on any atom is -0.272 e. The van der Waals surface area contributed by atoms with Gasteiger partial charge < -0.3 is 0 Å². The van der Waals surface area contributed by atoms with E-state index in [-0.39, 0.29) is 11.7 Å². The first-order valence-corrected chi connectivity index (χ1v) is 7.75. The smallest absolute Gasteiger partial charge is 0.250 e. The van der Waals surface area contributed by atoms with Crippen LogP contribution in [0.15, 0.2) is 33.7 Å². The molecule has 1 aromatic heterocycles. The lowest BCUT2D eigenvalue weighted by atomic mass is 10.2. The molecule has 0 aliphatic carbocycles. The van der Waals surface area contributed by atoms with Gasteiger partial charge in [0.25, 0.3) is 5.91 Å². The molecular weight excluding hydrogens is 292 g/mol. The van der Waals surface area contributed by atoms with Crippen LogP contribution in [-0.2, 0) is 4.79 Å². The van der Waals surface area contributed by atoms with Crippen molar-refractivity contribution in [2.45, 2.75) is 18.2 Å². The highest BCUT2D eigenvalue weighted by molar-refractivity contribution is 8.01. The lowest BCUT2D eigenvalue weighted by molar-refractivity contribution is -0.118. The molecule has 20 heavy (non-hydrogen) atoms. The summed E-state index contributed by atoms with van der Waals surface area (Å²) in [5.74, 6) is 0.117. The number of aryl methyl sites for hydroxylation is 2. The van der Waals surface area contributed by atoms with Crippen LogP contribution in [0.3, 0.4) is 0 Å². The van der Waals surface area contributed by atoms with Gasteiger partial charge in [0.2, 0.25) is 0 Å². The van der Waals surface area contributed by atoms with E-state index in [1.807, 2.05) is 38.1 Å². The zero-order valence-corrected chi connectivity index (χ0v) is 12.8. The Labute approximate surface area is 125 Å². The molecule has 0 aliphatic heterocycles. The summed E-state index contributed by atoms with van der Waals surface area (Å²) in [6.45, 7) is 3.91. The zero-order chi connectivity index (χ0) is 14.4. The fourth-order valence-corrected chi connectivity index (χ4v) is 2.94. The highest BCUT2D eigenvalue weighted by atomic mass is 32.2. The number of hydrogen-bond donors (Lipinski definition) is 1. The second-order valence-electron chi connectivity index (χ2n) is 4.08. The molecule has 7 heteroatoms. The predicted octanol–water partition coefficient (Wildman–Crippen LogP) is 2.40. The van der Waals surface area contributed by atoms with Gasteiger partial charge in [-0.05, 0) is 19.4 Å². The third-order valence-electron chi connectivity index (χ3n) is 2.31. The molecule has 0 unspecified atom stereocenters. The number of nitrogens with one attached hydrogen (secondary N) is 1. The van der Waals surface area contributed by atoms with E-state index in [0.717, 1.165) is 14.9 Å². The van der Waals surface area contributed by atoms with Crippen LogP contribution < -0.4 is 5.43 Å². The van der Waals surface area contributed by atoms with Crippen molar-refractivity contribution in [2.24, 2.45) is 5.10 Å². The summed E-state index contributed by atoms with van der Waals surface area (Å²) in [5.41, 5.74) is 4.63.